The van der Waals surface area contributed by atoms with Gasteiger partial charge in [-0.3, -0.25) is 0 Å². The Hall–Kier alpha value is -0.940. The van der Waals surface area contributed by atoms with Crippen LogP contribution in [0.2, 0.25) is 0 Å². The molecule has 1 aromatic heterocycles. The molecule has 0 spiro atoms. The van der Waals surface area contributed by atoms with Crippen molar-refractivity contribution in [3.05, 3.63) is 23.7 Å². The molecule has 0 radical (unpaired) electrons. The van der Waals surface area contributed by atoms with Gasteiger partial charge in [0.15, 0.2) is 0 Å². The predicted octanol–water partition coefficient (Wildman–Crippen LogP) is 2.30. The number of hydrogen-bond acceptors (Lipinski definition) is 5. The lowest BCUT2D eigenvalue weighted by Crippen LogP contribution is -2.27. The average molecular weight is 257 g/mol. The van der Waals surface area contributed by atoms with E-state index in [-0.39, 0.29) is 5.97 Å². The molecule has 0 aromatic carbocycles. The quantitative estimate of drug-likeness (QED) is 0.760. The third-order valence-corrected chi connectivity index (χ3v) is 3.42. The first-order valence-electron chi connectivity index (χ1n) is 5.64. The molecule has 0 saturated carbocycles. The maximum atomic E-state index is 11.2. The summed E-state index contributed by atoms with van der Waals surface area (Å²) in [5.41, 5.74) is 0.458. The lowest BCUT2D eigenvalue weighted by molar-refractivity contribution is 0.0600. The second-order valence-corrected chi connectivity index (χ2v) is 5.05. The van der Waals surface area contributed by atoms with Crippen molar-refractivity contribution in [2.75, 3.05) is 18.6 Å². The Kier molecular flexibility index (Phi) is 6.15. The van der Waals surface area contributed by atoms with Gasteiger partial charge in [0.2, 0.25) is 0 Å². The zero-order valence-corrected chi connectivity index (χ0v) is 11.3. The van der Waals surface area contributed by atoms with E-state index in [1.165, 1.54) is 13.4 Å². The molecule has 0 fully saturated rings. The summed E-state index contributed by atoms with van der Waals surface area (Å²) in [6.45, 7) is 4.90. The average Bonchev–Trinajstić information content (AvgIpc) is 2.81. The SMILES string of the molecule is CCSCC(C)NCc1cc(C(=O)OC)co1. The van der Waals surface area contributed by atoms with Gasteiger partial charge in [0.25, 0.3) is 0 Å². The number of rotatable bonds is 7. The summed E-state index contributed by atoms with van der Waals surface area (Å²) < 4.78 is 9.88. The fourth-order valence-electron chi connectivity index (χ4n) is 1.33. The van der Waals surface area contributed by atoms with Crippen molar-refractivity contribution in [1.29, 1.82) is 0 Å². The van der Waals surface area contributed by atoms with E-state index in [0.717, 1.165) is 17.3 Å². The normalized spacial score (nSPS) is 12.4. The number of carbonyl (C=O) groups excluding carboxylic acids is 1. The van der Waals surface area contributed by atoms with E-state index >= 15 is 0 Å². The highest BCUT2D eigenvalue weighted by Crippen LogP contribution is 2.09. The fourth-order valence-corrected chi connectivity index (χ4v) is 2.03. The molecule has 17 heavy (non-hydrogen) atoms. The van der Waals surface area contributed by atoms with E-state index in [4.69, 9.17) is 4.42 Å². The van der Waals surface area contributed by atoms with Gasteiger partial charge in [-0.1, -0.05) is 6.92 Å². The summed E-state index contributed by atoms with van der Waals surface area (Å²) >= 11 is 1.90. The number of thioether (sulfide) groups is 1. The fraction of sp³-hybridized carbons (Fsp3) is 0.583. The van der Waals surface area contributed by atoms with Crippen LogP contribution in [-0.2, 0) is 11.3 Å². The van der Waals surface area contributed by atoms with E-state index in [1.807, 2.05) is 11.8 Å². The van der Waals surface area contributed by atoms with E-state index in [2.05, 4.69) is 23.9 Å². The first-order valence-corrected chi connectivity index (χ1v) is 6.79. The van der Waals surface area contributed by atoms with Crippen molar-refractivity contribution in [3.63, 3.8) is 0 Å². The van der Waals surface area contributed by atoms with Crippen LogP contribution in [0.1, 0.15) is 30.0 Å². The largest absolute Gasteiger partial charge is 0.467 e. The van der Waals surface area contributed by atoms with Crippen LogP contribution < -0.4 is 5.32 Å². The summed E-state index contributed by atoms with van der Waals surface area (Å²) in [5, 5.41) is 3.34. The molecule has 1 rings (SSSR count). The second-order valence-electron chi connectivity index (χ2n) is 3.73. The van der Waals surface area contributed by atoms with Crippen molar-refractivity contribution in [1.82, 2.24) is 5.32 Å². The first kappa shape index (κ1) is 14.1. The highest BCUT2D eigenvalue weighted by molar-refractivity contribution is 7.99. The van der Waals surface area contributed by atoms with Gasteiger partial charge in [-0.05, 0) is 18.7 Å². The number of hydrogen-bond donors (Lipinski definition) is 1. The summed E-state index contributed by atoms with van der Waals surface area (Å²) in [6.07, 6.45) is 1.42. The lowest BCUT2D eigenvalue weighted by atomic mass is 10.3. The molecule has 4 nitrogen and oxygen atoms in total. The van der Waals surface area contributed by atoms with Gasteiger partial charge < -0.3 is 14.5 Å². The Morgan fingerprint density at radius 1 is 1.65 bits per heavy atom. The molecule has 0 amide bonds. The van der Waals surface area contributed by atoms with E-state index in [0.29, 0.717) is 18.2 Å². The maximum absolute atomic E-state index is 11.2. The topological polar surface area (TPSA) is 51.5 Å². The Labute approximate surface area is 106 Å². The van der Waals surface area contributed by atoms with Gasteiger partial charge in [0.1, 0.15) is 12.0 Å². The Morgan fingerprint density at radius 2 is 2.41 bits per heavy atom. The predicted molar refractivity (Wildman–Crippen MR) is 69.3 cm³/mol. The molecule has 0 bridgehead atoms. The molecule has 1 unspecified atom stereocenters. The number of furan rings is 1. The van der Waals surface area contributed by atoms with Crippen LogP contribution in [0.3, 0.4) is 0 Å². The van der Waals surface area contributed by atoms with Gasteiger partial charge in [0.05, 0.1) is 19.2 Å². The molecular weight excluding hydrogens is 238 g/mol. The maximum Gasteiger partial charge on any atom is 0.341 e. The van der Waals surface area contributed by atoms with Gasteiger partial charge in [-0.25, -0.2) is 4.79 Å². The van der Waals surface area contributed by atoms with Crippen molar-refractivity contribution in [2.45, 2.75) is 26.4 Å². The molecule has 0 aliphatic heterocycles. The van der Waals surface area contributed by atoms with E-state index in [9.17, 15) is 4.79 Å². The zero-order valence-electron chi connectivity index (χ0n) is 10.5. The number of nitrogens with one attached hydrogen (secondary N) is 1. The summed E-state index contributed by atoms with van der Waals surface area (Å²) in [7, 11) is 1.36. The third-order valence-electron chi connectivity index (χ3n) is 2.27. The zero-order chi connectivity index (χ0) is 12.7. The summed E-state index contributed by atoms with van der Waals surface area (Å²) in [6, 6.07) is 2.13. The summed E-state index contributed by atoms with van der Waals surface area (Å²) in [5.74, 6) is 2.58. The number of methoxy groups -OCH3 is 1. The Balaban J connectivity index is 2.36. The van der Waals surface area contributed by atoms with E-state index < -0.39 is 0 Å². The minimum absolute atomic E-state index is 0.366. The molecule has 1 atom stereocenters. The molecular formula is C12H19NO3S. The van der Waals surface area contributed by atoms with Gasteiger partial charge >= 0.3 is 5.97 Å². The van der Waals surface area contributed by atoms with Crippen LogP contribution in [0.15, 0.2) is 16.7 Å². The molecule has 5 heteroatoms. The third kappa shape index (κ3) is 4.83. The van der Waals surface area contributed by atoms with Crippen LogP contribution in [0.25, 0.3) is 0 Å². The second kappa shape index (κ2) is 7.40. The molecule has 0 aliphatic carbocycles. The monoisotopic (exact) mass is 257 g/mol. The van der Waals surface area contributed by atoms with Crippen LogP contribution in [-0.4, -0.2) is 30.6 Å². The Morgan fingerprint density at radius 3 is 3.06 bits per heavy atom. The van der Waals surface area contributed by atoms with Gasteiger partial charge in [-0.15, -0.1) is 0 Å². The molecule has 1 heterocycles. The smallest absolute Gasteiger partial charge is 0.341 e. The van der Waals surface area contributed by atoms with Crippen LogP contribution in [0, 0.1) is 0 Å². The minimum atomic E-state index is -0.366. The molecule has 1 N–H and O–H groups in total. The highest BCUT2D eigenvalue weighted by Gasteiger charge is 2.10. The van der Waals surface area contributed by atoms with Crippen LogP contribution in [0.5, 0.6) is 0 Å². The molecule has 1 aromatic rings. The van der Waals surface area contributed by atoms with Gasteiger partial charge in [-0.2, -0.15) is 11.8 Å². The van der Waals surface area contributed by atoms with Crippen LogP contribution in [0.4, 0.5) is 0 Å². The van der Waals surface area contributed by atoms with Crippen molar-refractivity contribution < 1.29 is 13.9 Å². The van der Waals surface area contributed by atoms with E-state index in [1.54, 1.807) is 6.07 Å². The minimum Gasteiger partial charge on any atom is -0.467 e. The number of esters is 1. The standard InChI is InChI=1S/C12H19NO3S/c1-4-17-8-9(2)13-6-11-5-10(7-16-11)12(14)15-3/h5,7,9,13H,4,6,8H2,1-3H3. The van der Waals surface area contributed by atoms with Gasteiger partial charge in [0, 0.05) is 11.8 Å². The lowest BCUT2D eigenvalue weighted by Gasteiger charge is -2.11. The molecule has 96 valence electrons. The summed E-state index contributed by atoms with van der Waals surface area (Å²) in [4.78, 5) is 11.2. The Bertz CT molecular complexity index is 351. The molecule has 0 aliphatic rings. The van der Waals surface area contributed by atoms with Crippen molar-refractivity contribution in [2.24, 2.45) is 0 Å². The van der Waals surface area contributed by atoms with Crippen molar-refractivity contribution >= 4 is 17.7 Å². The molecule has 0 saturated heterocycles. The first-order chi connectivity index (χ1) is 8.17. The number of carbonyl (C=O) groups is 1. The highest BCUT2D eigenvalue weighted by atomic mass is 32.2. The van der Waals surface area contributed by atoms with Crippen molar-refractivity contribution in [3.8, 4) is 0 Å². The number of ether oxygens (including phenoxy) is 1. The van der Waals surface area contributed by atoms with Crippen LogP contribution >= 0.6 is 11.8 Å².